The lowest BCUT2D eigenvalue weighted by Gasteiger charge is -2.32. The number of aromatic nitrogens is 2. The Morgan fingerprint density at radius 1 is 1.52 bits per heavy atom. The average molecular weight is 405 g/mol. The molecule has 0 aromatic carbocycles. The number of aliphatic hydroxyl groups is 1. The van der Waals surface area contributed by atoms with Crippen LogP contribution in [0.3, 0.4) is 0 Å². The lowest BCUT2D eigenvalue weighted by molar-refractivity contribution is -0.302. The number of hydrogen-bond donors (Lipinski definition) is 1. The predicted octanol–water partition coefficient (Wildman–Crippen LogP) is 2.36. The van der Waals surface area contributed by atoms with Crippen molar-refractivity contribution in [3.8, 4) is 0 Å². The number of amides is 1. The van der Waals surface area contributed by atoms with Crippen LogP contribution < -0.4 is 0 Å². The van der Waals surface area contributed by atoms with Gasteiger partial charge in [-0.1, -0.05) is 0 Å². The van der Waals surface area contributed by atoms with Crippen LogP contribution in [0.4, 0.5) is 22.0 Å². The zero-order valence-electron chi connectivity index (χ0n) is 11.5. The minimum absolute atomic E-state index is 0.0451. The summed E-state index contributed by atoms with van der Waals surface area (Å²) < 4.78 is 64.9. The van der Waals surface area contributed by atoms with Gasteiger partial charge in [0.1, 0.15) is 12.2 Å². The summed E-state index contributed by atoms with van der Waals surface area (Å²) in [5.41, 5.74) is -3.95. The first kappa shape index (κ1) is 17.8. The zero-order valence-corrected chi connectivity index (χ0v) is 13.1. The maximum Gasteiger partial charge on any atom is 0.438 e. The van der Waals surface area contributed by atoms with Crippen molar-refractivity contribution in [1.29, 1.82) is 0 Å². The second kappa shape index (κ2) is 5.82. The molecule has 1 aromatic rings. The highest BCUT2D eigenvalue weighted by Gasteiger charge is 2.61. The number of halogens is 6. The zero-order chi connectivity index (χ0) is 17.6. The molecule has 0 spiro atoms. The molecule has 0 saturated carbocycles. The number of rotatable bonds is 3. The summed E-state index contributed by atoms with van der Waals surface area (Å²) in [6, 6.07) is 0. The van der Waals surface area contributed by atoms with Crippen molar-refractivity contribution in [3.63, 3.8) is 0 Å². The number of carbonyl (C=O) groups is 1. The fourth-order valence-corrected chi connectivity index (χ4v) is 2.43. The first-order valence-corrected chi connectivity index (χ1v) is 6.94. The summed E-state index contributed by atoms with van der Waals surface area (Å²) in [5.74, 6) is -1.24. The average Bonchev–Trinajstić information content (AvgIpc) is 2.95. The molecule has 1 aliphatic rings. The highest BCUT2D eigenvalue weighted by atomic mass is 79.9. The normalized spacial score (nSPS) is 21.5. The minimum Gasteiger partial charge on any atom is -0.362 e. The van der Waals surface area contributed by atoms with Gasteiger partial charge in [-0.25, -0.2) is 8.78 Å². The van der Waals surface area contributed by atoms with Gasteiger partial charge in [0.15, 0.2) is 0 Å². The molecule has 128 valence electrons. The van der Waals surface area contributed by atoms with E-state index in [1.54, 1.807) is 0 Å². The second-order valence-electron chi connectivity index (χ2n) is 4.77. The molecule has 1 atom stereocenters. The van der Waals surface area contributed by atoms with Gasteiger partial charge in [-0.05, 0) is 22.9 Å². The Morgan fingerprint density at radius 2 is 2.13 bits per heavy atom. The lowest BCUT2D eigenvalue weighted by atomic mass is 10.1. The van der Waals surface area contributed by atoms with Crippen molar-refractivity contribution in [2.24, 2.45) is 5.10 Å². The van der Waals surface area contributed by atoms with Gasteiger partial charge in [0.05, 0.1) is 10.2 Å². The molecule has 0 fully saturated rings. The van der Waals surface area contributed by atoms with Crippen molar-refractivity contribution in [2.75, 3.05) is 0 Å². The van der Waals surface area contributed by atoms with E-state index in [1.807, 2.05) is 0 Å². The Hall–Kier alpha value is -1.56. The number of carbonyl (C=O) groups excluding carboxylic acids is 1. The number of nitrogens with zero attached hydrogens (tertiary/aromatic N) is 4. The summed E-state index contributed by atoms with van der Waals surface area (Å²) in [6.45, 7) is 0.576. The van der Waals surface area contributed by atoms with Gasteiger partial charge in [0.25, 0.3) is 18.1 Å². The molecule has 23 heavy (non-hydrogen) atoms. The van der Waals surface area contributed by atoms with E-state index in [0.29, 0.717) is 0 Å². The smallest absolute Gasteiger partial charge is 0.362 e. The molecule has 1 N–H and O–H groups in total. The SMILES string of the molecule is Cc1c(Br)c(C(F)F)nn1CC(=O)N1N=CCC1(O)C(F)(F)F. The van der Waals surface area contributed by atoms with Crippen LogP contribution in [0.25, 0.3) is 0 Å². The van der Waals surface area contributed by atoms with Gasteiger partial charge in [0.2, 0.25) is 0 Å². The quantitative estimate of drug-likeness (QED) is 0.786. The van der Waals surface area contributed by atoms with E-state index >= 15 is 0 Å². The van der Waals surface area contributed by atoms with Crippen LogP contribution >= 0.6 is 15.9 Å². The molecular weight excluding hydrogens is 395 g/mol. The molecule has 1 aromatic heterocycles. The fraction of sp³-hybridized carbons (Fsp3) is 0.545. The number of hydrazone groups is 1. The van der Waals surface area contributed by atoms with E-state index in [-0.39, 0.29) is 15.2 Å². The molecule has 1 amide bonds. The first-order valence-electron chi connectivity index (χ1n) is 6.14. The molecule has 12 heteroatoms. The number of alkyl halides is 5. The fourth-order valence-electron chi connectivity index (χ4n) is 1.97. The predicted molar refractivity (Wildman–Crippen MR) is 70.6 cm³/mol. The summed E-state index contributed by atoms with van der Waals surface area (Å²) in [7, 11) is 0. The van der Waals surface area contributed by atoms with Crippen LogP contribution in [0.1, 0.15) is 24.2 Å². The van der Waals surface area contributed by atoms with E-state index in [9.17, 15) is 31.9 Å². The third-order valence-corrected chi connectivity index (χ3v) is 4.24. The van der Waals surface area contributed by atoms with E-state index in [1.165, 1.54) is 6.92 Å². The Kier molecular flexibility index (Phi) is 4.50. The summed E-state index contributed by atoms with van der Waals surface area (Å²) >= 11 is 2.88. The first-order chi connectivity index (χ1) is 10.5. The van der Waals surface area contributed by atoms with E-state index < -0.39 is 42.9 Å². The largest absolute Gasteiger partial charge is 0.438 e. The maximum absolute atomic E-state index is 12.9. The van der Waals surface area contributed by atoms with E-state index in [0.717, 1.165) is 10.9 Å². The molecule has 1 unspecified atom stereocenters. The van der Waals surface area contributed by atoms with Crippen LogP contribution in [-0.2, 0) is 11.3 Å². The van der Waals surface area contributed by atoms with Gasteiger partial charge in [-0.2, -0.15) is 28.4 Å². The molecule has 2 rings (SSSR count). The van der Waals surface area contributed by atoms with E-state index in [4.69, 9.17) is 0 Å². The molecular formula is C11H10BrF5N4O2. The number of hydrogen-bond acceptors (Lipinski definition) is 4. The highest BCUT2D eigenvalue weighted by molar-refractivity contribution is 9.10. The van der Waals surface area contributed by atoms with Gasteiger partial charge < -0.3 is 5.11 Å². The van der Waals surface area contributed by atoms with E-state index in [2.05, 4.69) is 26.1 Å². The Bertz CT molecular complexity index is 660. The van der Waals surface area contributed by atoms with Crippen molar-refractivity contribution in [3.05, 3.63) is 15.9 Å². The van der Waals surface area contributed by atoms with Crippen LogP contribution in [0.2, 0.25) is 0 Å². The van der Waals surface area contributed by atoms with Crippen molar-refractivity contribution in [2.45, 2.75) is 38.2 Å². The standard InChI is InChI=1S/C11H10BrF5N4O2/c1-5-7(12)8(9(13)14)19-20(5)4-6(22)21-10(23,2-3-18-21)11(15,16)17/h3,9,23H,2,4H2,1H3. The third-order valence-electron chi connectivity index (χ3n) is 3.26. The summed E-state index contributed by atoms with van der Waals surface area (Å²) in [6.07, 6.45) is -8.20. The van der Waals surface area contributed by atoms with Crippen LogP contribution in [-0.4, -0.2) is 43.9 Å². The van der Waals surface area contributed by atoms with Gasteiger partial charge in [-0.15, -0.1) is 0 Å². The van der Waals surface area contributed by atoms with Crippen LogP contribution in [0.15, 0.2) is 9.57 Å². The summed E-state index contributed by atoms with van der Waals surface area (Å²) in [5, 5.41) is 16.3. The lowest BCUT2D eigenvalue weighted by Crippen LogP contribution is -2.57. The third kappa shape index (κ3) is 2.96. The Morgan fingerprint density at radius 3 is 2.61 bits per heavy atom. The Balaban J connectivity index is 2.26. The molecule has 6 nitrogen and oxygen atoms in total. The topological polar surface area (TPSA) is 70.7 Å². The summed E-state index contributed by atoms with van der Waals surface area (Å²) in [4.78, 5) is 12.0. The second-order valence-corrected chi connectivity index (χ2v) is 5.56. The molecule has 0 saturated heterocycles. The van der Waals surface area contributed by atoms with Crippen molar-refractivity contribution < 1.29 is 31.9 Å². The minimum atomic E-state index is -5.12. The molecule has 0 aliphatic carbocycles. The van der Waals surface area contributed by atoms with Gasteiger partial charge in [0, 0.05) is 12.6 Å². The molecule has 0 radical (unpaired) electrons. The van der Waals surface area contributed by atoms with Crippen LogP contribution in [0, 0.1) is 6.92 Å². The van der Waals surface area contributed by atoms with Crippen molar-refractivity contribution in [1.82, 2.24) is 14.8 Å². The molecule has 0 bridgehead atoms. The maximum atomic E-state index is 12.9. The monoisotopic (exact) mass is 404 g/mol. The van der Waals surface area contributed by atoms with Crippen molar-refractivity contribution >= 4 is 28.1 Å². The molecule has 2 heterocycles. The highest BCUT2D eigenvalue weighted by Crippen LogP contribution is 2.38. The van der Waals surface area contributed by atoms with Gasteiger partial charge in [-0.3, -0.25) is 9.48 Å². The van der Waals surface area contributed by atoms with Gasteiger partial charge >= 0.3 is 6.18 Å². The Labute approximate surface area is 134 Å². The molecule has 1 aliphatic heterocycles. The van der Waals surface area contributed by atoms with Crippen LogP contribution in [0.5, 0.6) is 0 Å².